The average Bonchev–Trinajstić information content (AvgIpc) is 3.13. The molecule has 0 aliphatic heterocycles. The summed E-state index contributed by atoms with van der Waals surface area (Å²) >= 11 is 0. The SMILES string of the molecule is O=C(N/N=C/c1ccc([N+](=O)[O-])o1)c1cn2ccccc2n1. The van der Waals surface area contributed by atoms with Gasteiger partial charge in [0.1, 0.15) is 16.3 Å². The van der Waals surface area contributed by atoms with Crippen molar-refractivity contribution in [1.82, 2.24) is 14.8 Å². The van der Waals surface area contributed by atoms with Gasteiger partial charge in [-0.15, -0.1) is 0 Å². The first-order chi connectivity index (χ1) is 10.6. The highest BCUT2D eigenvalue weighted by Gasteiger charge is 2.11. The number of aromatic nitrogens is 2. The van der Waals surface area contributed by atoms with Crippen LogP contribution in [0, 0.1) is 10.1 Å². The minimum Gasteiger partial charge on any atom is -0.400 e. The highest BCUT2D eigenvalue weighted by atomic mass is 16.6. The van der Waals surface area contributed by atoms with Gasteiger partial charge in [-0.3, -0.25) is 14.9 Å². The van der Waals surface area contributed by atoms with E-state index in [-0.39, 0.29) is 11.5 Å². The minimum absolute atomic E-state index is 0.155. The predicted octanol–water partition coefficient (Wildman–Crippen LogP) is 1.60. The summed E-state index contributed by atoms with van der Waals surface area (Å²) in [5.41, 5.74) is 3.11. The predicted molar refractivity (Wildman–Crippen MR) is 75.6 cm³/mol. The maximum Gasteiger partial charge on any atom is 0.433 e. The summed E-state index contributed by atoms with van der Waals surface area (Å²) in [6, 6.07) is 7.97. The Balaban J connectivity index is 1.68. The van der Waals surface area contributed by atoms with E-state index >= 15 is 0 Å². The van der Waals surface area contributed by atoms with Gasteiger partial charge in [-0.05, 0) is 18.2 Å². The maximum atomic E-state index is 11.9. The molecular formula is C13H9N5O4. The number of hydrogen-bond donors (Lipinski definition) is 1. The molecule has 0 spiro atoms. The number of carbonyl (C=O) groups is 1. The van der Waals surface area contributed by atoms with Gasteiger partial charge in [-0.1, -0.05) is 6.07 Å². The molecule has 22 heavy (non-hydrogen) atoms. The Morgan fingerprint density at radius 1 is 1.41 bits per heavy atom. The van der Waals surface area contributed by atoms with Crippen LogP contribution in [0.5, 0.6) is 0 Å². The van der Waals surface area contributed by atoms with Crippen molar-refractivity contribution in [2.24, 2.45) is 5.10 Å². The van der Waals surface area contributed by atoms with Crippen LogP contribution in [-0.4, -0.2) is 26.4 Å². The van der Waals surface area contributed by atoms with E-state index in [1.807, 2.05) is 12.1 Å². The Morgan fingerprint density at radius 2 is 2.27 bits per heavy atom. The molecule has 0 fully saturated rings. The standard InChI is InChI=1S/C13H9N5O4/c19-13(10-8-17-6-2-1-3-11(17)15-10)16-14-7-9-4-5-12(22-9)18(20)21/h1-8H,(H,16,19)/b14-7+. The largest absolute Gasteiger partial charge is 0.433 e. The molecule has 9 heteroatoms. The Morgan fingerprint density at radius 3 is 3.00 bits per heavy atom. The van der Waals surface area contributed by atoms with Crippen LogP contribution in [0.3, 0.4) is 0 Å². The van der Waals surface area contributed by atoms with Crippen LogP contribution >= 0.6 is 0 Å². The first-order valence-corrected chi connectivity index (χ1v) is 6.15. The maximum absolute atomic E-state index is 11.9. The van der Waals surface area contributed by atoms with Gasteiger partial charge in [0.2, 0.25) is 0 Å². The number of imidazole rings is 1. The second-order valence-corrected chi connectivity index (χ2v) is 4.22. The van der Waals surface area contributed by atoms with Crippen molar-refractivity contribution in [1.29, 1.82) is 0 Å². The molecule has 3 heterocycles. The van der Waals surface area contributed by atoms with E-state index in [1.54, 1.807) is 22.9 Å². The van der Waals surface area contributed by atoms with Gasteiger partial charge in [-0.2, -0.15) is 5.10 Å². The summed E-state index contributed by atoms with van der Waals surface area (Å²) in [6.45, 7) is 0. The second kappa shape index (κ2) is 5.48. The van der Waals surface area contributed by atoms with Gasteiger partial charge in [0, 0.05) is 12.4 Å². The number of furan rings is 1. The first kappa shape index (κ1) is 13.5. The van der Waals surface area contributed by atoms with Crippen molar-refractivity contribution in [2.75, 3.05) is 0 Å². The Kier molecular flexibility index (Phi) is 3.36. The molecule has 3 aromatic rings. The molecule has 110 valence electrons. The minimum atomic E-state index is -0.660. The number of nitrogens with one attached hydrogen (secondary N) is 1. The lowest BCUT2D eigenvalue weighted by Gasteiger charge is -1.93. The molecule has 3 rings (SSSR count). The van der Waals surface area contributed by atoms with Crippen molar-refractivity contribution in [3.05, 3.63) is 64.3 Å². The van der Waals surface area contributed by atoms with Crippen molar-refractivity contribution in [3.8, 4) is 0 Å². The molecule has 0 aliphatic rings. The van der Waals surface area contributed by atoms with Crippen molar-refractivity contribution < 1.29 is 14.1 Å². The number of pyridine rings is 1. The fourth-order valence-corrected chi connectivity index (χ4v) is 1.77. The molecule has 9 nitrogen and oxygen atoms in total. The average molecular weight is 299 g/mol. The molecule has 0 aliphatic carbocycles. The highest BCUT2D eigenvalue weighted by Crippen LogP contribution is 2.13. The number of fused-ring (bicyclic) bond motifs is 1. The third-order valence-electron chi connectivity index (χ3n) is 2.75. The van der Waals surface area contributed by atoms with Crippen LogP contribution in [0.25, 0.3) is 5.65 Å². The first-order valence-electron chi connectivity index (χ1n) is 6.15. The zero-order chi connectivity index (χ0) is 15.5. The van der Waals surface area contributed by atoms with Crippen LogP contribution in [0.15, 0.2) is 52.2 Å². The molecule has 3 aromatic heterocycles. The van der Waals surface area contributed by atoms with Gasteiger partial charge < -0.3 is 8.82 Å². The van der Waals surface area contributed by atoms with Gasteiger partial charge in [0.15, 0.2) is 5.76 Å². The van der Waals surface area contributed by atoms with Crippen molar-refractivity contribution >= 4 is 23.7 Å². The number of hydrazone groups is 1. The molecule has 1 N–H and O–H groups in total. The quantitative estimate of drug-likeness (QED) is 0.446. The number of hydrogen-bond acceptors (Lipinski definition) is 6. The number of carbonyl (C=O) groups excluding carboxylic acids is 1. The van der Waals surface area contributed by atoms with Crippen molar-refractivity contribution in [2.45, 2.75) is 0 Å². The molecule has 0 bridgehead atoms. The summed E-state index contributed by atoms with van der Waals surface area (Å²) in [4.78, 5) is 25.8. The van der Waals surface area contributed by atoms with Crippen molar-refractivity contribution in [3.63, 3.8) is 0 Å². The summed E-state index contributed by atoms with van der Waals surface area (Å²) in [6.07, 6.45) is 4.50. The van der Waals surface area contributed by atoms with Crippen LogP contribution in [0.1, 0.15) is 16.2 Å². The Hall–Kier alpha value is -3.49. The summed E-state index contributed by atoms with van der Waals surface area (Å²) in [5.74, 6) is -0.740. The summed E-state index contributed by atoms with van der Waals surface area (Å²) in [7, 11) is 0. The molecule has 0 unspecified atom stereocenters. The van der Waals surface area contributed by atoms with E-state index in [0.29, 0.717) is 5.65 Å². The third-order valence-corrected chi connectivity index (χ3v) is 2.75. The second-order valence-electron chi connectivity index (χ2n) is 4.22. The molecule has 0 aromatic carbocycles. The summed E-state index contributed by atoms with van der Waals surface area (Å²) in [5, 5.41) is 14.1. The smallest absolute Gasteiger partial charge is 0.400 e. The molecule has 0 radical (unpaired) electrons. The van der Waals surface area contributed by atoms with Gasteiger partial charge in [0.25, 0.3) is 5.91 Å². The van der Waals surface area contributed by atoms with Crippen LogP contribution in [-0.2, 0) is 0 Å². The van der Waals surface area contributed by atoms with Crippen LogP contribution in [0.4, 0.5) is 5.88 Å². The topological polar surface area (TPSA) is 115 Å². The molecule has 1 amide bonds. The van der Waals surface area contributed by atoms with E-state index in [9.17, 15) is 14.9 Å². The van der Waals surface area contributed by atoms with E-state index < -0.39 is 16.7 Å². The monoisotopic (exact) mass is 299 g/mol. The zero-order valence-electron chi connectivity index (χ0n) is 11.0. The number of nitro groups is 1. The van der Waals surface area contributed by atoms with Gasteiger partial charge in [0.05, 0.1) is 12.3 Å². The lowest BCUT2D eigenvalue weighted by atomic mass is 10.4. The number of rotatable bonds is 4. The van der Waals surface area contributed by atoms with E-state index in [2.05, 4.69) is 15.5 Å². The fraction of sp³-hybridized carbons (Fsp3) is 0. The highest BCUT2D eigenvalue weighted by molar-refractivity contribution is 5.93. The lowest BCUT2D eigenvalue weighted by Crippen LogP contribution is -2.17. The molecule has 0 saturated heterocycles. The summed E-state index contributed by atoms with van der Waals surface area (Å²) < 4.78 is 6.56. The number of amides is 1. The van der Waals surface area contributed by atoms with Gasteiger partial charge in [-0.25, -0.2) is 10.4 Å². The lowest BCUT2D eigenvalue weighted by molar-refractivity contribution is -0.402. The zero-order valence-corrected chi connectivity index (χ0v) is 11.0. The van der Waals surface area contributed by atoms with Gasteiger partial charge >= 0.3 is 5.88 Å². The number of nitrogens with zero attached hydrogens (tertiary/aromatic N) is 4. The normalized spacial score (nSPS) is 11.1. The van der Waals surface area contributed by atoms with E-state index in [1.165, 1.54) is 18.3 Å². The molecular weight excluding hydrogens is 290 g/mol. The Labute approximate surface area is 123 Å². The Bertz CT molecular complexity index is 846. The third kappa shape index (κ3) is 2.68. The molecule has 0 atom stereocenters. The fourth-order valence-electron chi connectivity index (χ4n) is 1.77. The van der Waals surface area contributed by atoms with E-state index in [4.69, 9.17) is 4.42 Å². The van der Waals surface area contributed by atoms with Crippen LogP contribution < -0.4 is 5.43 Å². The van der Waals surface area contributed by atoms with Crippen LogP contribution in [0.2, 0.25) is 0 Å². The molecule has 0 saturated carbocycles. The van der Waals surface area contributed by atoms with E-state index in [0.717, 1.165) is 0 Å².